The van der Waals surface area contributed by atoms with Gasteiger partial charge in [0.15, 0.2) is 0 Å². The van der Waals surface area contributed by atoms with E-state index in [4.69, 9.17) is 5.26 Å². The van der Waals surface area contributed by atoms with E-state index in [0.717, 1.165) is 30.2 Å². The molecule has 1 fully saturated rings. The van der Waals surface area contributed by atoms with E-state index in [2.05, 4.69) is 22.0 Å². The van der Waals surface area contributed by atoms with Gasteiger partial charge in [0.2, 0.25) is 10.0 Å². The number of nitriles is 1. The number of benzene rings is 1. The SMILES string of the molecule is N#CCCN(C1CCCCC1)S(=O)(=O)c1ccc(Br)cc1. The lowest BCUT2D eigenvalue weighted by molar-refractivity contribution is 0.256. The second kappa shape index (κ2) is 7.39. The molecule has 0 atom stereocenters. The zero-order valence-electron chi connectivity index (χ0n) is 11.8. The van der Waals surface area contributed by atoms with Gasteiger partial charge < -0.3 is 0 Å². The van der Waals surface area contributed by atoms with Gasteiger partial charge in [0, 0.05) is 23.5 Å². The quantitative estimate of drug-likeness (QED) is 0.793. The van der Waals surface area contributed by atoms with Gasteiger partial charge in [0.05, 0.1) is 11.0 Å². The average Bonchev–Trinajstić information content (AvgIpc) is 2.49. The Labute approximate surface area is 134 Å². The molecule has 0 spiro atoms. The van der Waals surface area contributed by atoms with E-state index in [1.54, 1.807) is 28.6 Å². The van der Waals surface area contributed by atoms with Crippen LogP contribution in [0, 0.1) is 11.3 Å². The smallest absolute Gasteiger partial charge is 0.207 e. The maximum Gasteiger partial charge on any atom is 0.243 e. The van der Waals surface area contributed by atoms with E-state index in [0.29, 0.717) is 4.90 Å². The third-order valence-electron chi connectivity index (χ3n) is 3.85. The number of nitrogens with zero attached hydrogens (tertiary/aromatic N) is 2. The van der Waals surface area contributed by atoms with E-state index < -0.39 is 10.0 Å². The topological polar surface area (TPSA) is 61.2 Å². The summed E-state index contributed by atoms with van der Waals surface area (Å²) in [6.07, 6.45) is 5.29. The van der Waals surface area contributed by atoms with Crippen molar-refractivity contribution in [3.05, 3.63) is 28.7 Å². The molecule has 0 heterocycles. The summed E-state index contributed by atoms with van der Waals surface area (Å²) in [7, 11) is -3.53. The van der Waals surface area contributed by atoms with Gasteiger partial charge in [0.25, 0.3) is 0 Å². The Morgan fingerprint density at radius 3 is 2.38 bits per heavy atom. The molecule has 1 aromatic carbocycles. The molecule has 0 amide bonds. The first kappa shape index (κ1) is 16.5. The van der Waals surface area contributed by atoms with Crippen LogP contribution in [-0.2, 0) is 10.0 Å². The number of hydrogen-bond donors (Lipinski definition) is 0. The van der Waals surface area contributed by atoms with Crippen molar-refractivity contribution in [3.8, 4) is 6.07 Å². The predicted octanol–water partition coefficient (Wildman–Crippen LogP) is 3.69. The molecule has 4 nitrogen and oxygen atoms in total. The van der Waals surface area contributed by atoms with Gasteiger partial charge in [-0.15, -0.1) is 0 Å². The summed E-state index contributed by atoms with van der Waals surface area (Å²) in [5, 5.41) is 8.81. The zero-order valence-corrected chi connectivity index (χ0v) is 14.2. The summed E-state index contributed by atoms with van der Waals surface area (Å²) in [5.74, 6) is 0. The molecule has 0 unspecified atom stereocenters. The van der Waals surface area contributed by atoms with Gasteiger partial charge in [-0.3, -0.25) is 0 Å². The minimum absolute atomic E-state index is 0.0285. The molecule has 21 heavy (non-hydrogen) atoms. The Morgan fingerprint density at radius 2 is 1.81 bits per heavy atom. The Bertz CT molecular complexity index is 602. The zero-order chi connectivity index (χ0) is 15.3. The number of rotatable bonds is 5. The van der Waals surface area contributed by atoms with E-state index in [9.17, 15) is 8.42 Å². The fourth-order valence-corrected chi connectivity index (χ4v) is 4.72. The highest BCUT2D eigenvalue weighted by Gasteiger charge is 2.31. The molecule has 0 aliphatic heterocycles. The van der Waals surface area contributed by atoms with Crippen molar-refractivity contribution in [2.45, 2.75) is 49.5 Å². The molecule has 0 saturated heterocycles. The van der Waals surface area contributed by atoms with Crippen LogP contribution >= 0.6 is 15.9 Å². The highest BCUT2D eigenvalue weighted by Crippen LogP contribution is 2.28. The van der Waals surface area contributed by atoms with Crippen molar-refractivity contribution >= 4 is 26.0 Å². The molecule has 1 saturated carbocycles. The lowest BCUT2D eigenvalue weighted by Crippen LogP contribution is -2.41. The first-order valence-electron chi connectivity index (χ1n) is 7.20. The van der Waals surface area contributed by atoms with Crippen molar-refractivity contribution in [1.82, 2.24) is 4.31 Å². The summed E-state index contributed by atoms with van der Waals surface area (Å²) in [6, 6.07) is 8.77. The summed E-state index contributed by atoms with van der Waals surface area (Å²) in [6.45, 7) is 0.277. The fraction of sp³-hybridized carbons (Fsp3) is 0.533. The highest BCUT2D eigenvalue weighted by atomic mass is 79.9. The predicted molar refractivity (Wildman–Crippen MR) is 85.1 cm³/mol. The summed E-state index contributed by atoms with van der Waals surface area (Å²) in [4.78, 5) is 0.300. The van der Waals surface area contributed by atoms with Crippen molar-refractivity contribution in [2.24, 2.45) is 0 Å². The van der Waals surface area contributed by atoms with Crippen LogP contribution in [0.5, 0.6) is 0 Å². The Hall–Kier alpha value is -0.900. The van der Waals surface area contributed by atoms with E-state index in [1.165, 1.54) is 6.42 Å². The third kappa shape index (κ3) is 4.06. The molecule has 114 valence electrons. The van der Waals surface area contributed by atoms with Gasteiger partial charge in [-0.05, 0) is 37.1 Å². The maximum atomic E-state index is 12.8. The Balaban J connectivity index is 2.29. The molecule has 0 radical (unpaired) electrons. The molecule has 1 aliphatic rings. The molecule has 2 rings (SSSR count). The van der Waals surface area contributed by atoms with Crippen LogP contribution in [-0.4, -0.2) is 25.3 Å². The molecule has 6 heteroatoms. The summed E-state index contributed by atoms with van der Waals surface area (Å²) < 4.78 is 28.1. The van der Waals surface area contributed by atoms with Gasteiger partial charge in [0.1, 0.15) is 0 Å². The van der Waals surface area contributed by atoms with Crippen molar-refractivity contribution < 1.29 is 8.42 Å². The van der Waals surface area contributed by atoms with Gasteiger partial charge in [-0.25, -0.2) is 8.42 Å². The van der Waals surface area contributed by atoms with Crippen LogP contribution in [0.2, 0.25) is 0 Å². The second-order valence-corrected chi connectivity index (χ2v) is 8.08. The Kier molecular flexibility index (Phi) is 5.80. The first-order valence-corrected chi connectivity index (χ1v) is 9.43. The van der Waals surface area contributed by atoms with Gasteiger partial charge in [-0.2, -0.15) is 9.57 Å². The van der Waals surface area contributed by atoms with Crippen LogP contribution in [0.4, 0.5) is 0 Å². The van der Waals surface area contributed by atoms with Gasteiger partial charge >= 0.3 is 0 Å². The molecular formula is C15H19BrN2O2S. The summed E-state index contributed by atoms with van der Waals surface area (Å²) in [5.41, 5.74) is 0. The molecular weight excluding hydrogens is 352 g/mol. The second-order valence-electron chi connectivity index (χ2n) is 5.27. The van der Waals surface area contributed by atoms with E-state index >= 15 is 0 Å². The van der Waals surface area contributed by atoms with Crippen molar-refractivity contribution in [3.63, 3.8) is 0 Å². The Morgan fingerprint density at radius 1 is 1.19 bits per heavy atom. The lowest BCUT2D eigenvalue weighted by atomic mass is 9.95. The maximum absolute atomic E-state index is 12.8. The normalized spacial score (nSPS) is 16.8. The van der Waals surface area contributed by atoms with Crippen molar-refractivity contribution in [2.75, 3.05) is 6.54 Å². The molecule has 0 bridgehead atoms. The monoisotopic (exact) mass is 370 g/mol. The van der Waals surface area contributed by atoms with Crippen LogP contribution in [0.15, 0.2) is 33.6 Å². The van der Waals surface area contributed by atoms with Crippen LogP contribution in [0.25, 0.3) is 0 Å². The number of sulfonamides is 1. The molecule has 0 N–H and O–H groups in total. The van der Waals surface area contributed by atoms with Crippen LogP contribution in [0.1, 0.15) is 38.5 Å². The molecule has 0 aromatic heterocycles. The average molecular weight is 371 g/mol. The lowest BCUT2D eigenvalue weighted by Gasteiger charge is -2.33. The minimum atomic E-state index is -3.53. The van der Waals surface area contributed by atoms with E-state index in [-0.39, 0.29) is 19.0 Å². The highest BCUT2D eigenvalue weighted by molar-refractivity contribution is 9.10. The molecule has 1 aliphatic carbocycles. The van der Waals surface area contributed by atoms with Crippen molar-refractivity contribution in [1.29, 1.82) is 5.26 Å². The standard InChI is InChI=1S/C15H19BrN2O2S/c16-13-7-9-15(10-8-13)21(19,20)18(12-4-11-17)14-5-2-1-3-6-14/h7-10,14H,1-6,12H2. The summed E-state index contributed by atoms with van der Waals surface area (Å²) >= 11 is 3.32. The number of halogens is 1. The van der Waals surface area contributed by atoms with Gasteiger partial charge in [-0.1, -0.05) is 35.2 Å². The minimum Gasteiger partial charge on any atom is -0.207 e. The largest absolute Gasteiger partial charge is 0.243 e. The molecule has 1 aromatic rings. The van der Waals surface area contributed by atoms with E-state index in [1.807, 2.05) is 0 Å². The third-order valence-corrected chi connectivity index (χ3v) is 6.34. The van der Waals surface area contributed by atoms with Crippen LogP contribution < -0.4 is 0 Å². The first-order chi connectivity index (χ1) is 10.1. The number of hydrogen-bond acceptors (Lipinski definition) is 3. The fourth-order valence-electron chi connectivity index (χ4n) is 2.77. The van der Waals surface area contributed by atoms with Crippen LogP contribution in [0.3, 0.4) is 0 Å².